The fraction of sp³-hybridized carbons (Fsp3) is 0.429. The number of benzene rings is 1. The van der Waals surface area contributed by atoms with Crippen LogP contribution in [0.4, 0.5) is 0 Å². The van der Waals surface area contributed by atoms with Crippen LogP contribution in [0.5, 0.6) is 5.75 Å². The van der Waals surface area contributed by atoms with E-state index >= 15 is 0 Å². The van der Waals surface area contributed by atoms with E-state index in [1.165, 1.54) is 12.1 Å². The lowest BCUT2D eigenvalue weighted by atomic mass is 9.95. The van der Waals surface area contributed by atoms with Crippen LogP contribution in [-0.4, -0.2) is 22.0 Å². The molecule has 0 aliphatic heterocycles. The Morgan fingerprint density at radius 1 is 1.22 bits per heavy atom. The number of carboxylic acids is 1. The lowest BCUT2D eigenvalue weighted by Crippen LogP contribution is -2.18. The van der Waals surface area contributed by atoms with Crippen molar-refractivity contribution < 1.29 is 19.8 Å². The van der Waals surface area contributed by atoms with Gasteiger partial charge in [-0.25, -0.2) is 0 Å². The molecule has 4 nitrogen and oxygen atoms in total. The number of phenols is 1. The van der Waals surface area contributed by atoms with Crippen LogP contribution in [0.1, 0.15) is 31.7 Å². The van der Waals surface area contributed by atoms with E-state index in [9.17, 15) is 9.59 Å². The number of phenolic OH excluding ortho intramolecular Hbond substituents is 1. The molecule has 1 aromatic rings. The molecule has 0 amide bonds. The van der Waals surface area contributed by atoms with Gasteiger partial charge in [-0.1, -0.05) is 25.5 Å². The third-order valence-corrected chi connectivity index (χ3v) is 2.80. The molecule has 0 spiro atoms. The van der Waals surface area contributed by atoms with Crippen molar-refractivity contribution in [1.29, 1.82) is 0 Å². The highest BCUT2D eigenvalue weighted by atomic mass is 16.4. The molecule has 0 saturated carbocycles. The summed E-state index contributed by atoms with van der Waals surface area (Å²) >= 11 is 0. The van der Waals surface area contributed by atoms with Crippen molar-refractivity contribution in [1.82, 2.24) is 0 Å². The zero-order chi connectivity index (χ0) is 13.5. The van der Waals surface area contributed by atoms with Crippen LogP contribution in [0.3, 0.4) is 0 Å². The van der Waals surface area contributed by atoms with Crippen LogP contribution in [-0.2, 0) is 16.0 Å². The summed E-state index contributed by atoms with van der Waals surface area (Å²) < 4.78 is 0. The maximum Gasteiger partial charge on any atom is 0.306 e. The highest BCUT2D eigenvalue weighted by Crippen LogP contribution is 2.15. The van der Waals surface area contributed by atoms with Gasteiger partial charge in [0.1, 0.15) is 11.5 Å². The van der Waals surface area contributed by atoms with E-state index in [0.29, 0.717) is 6.42 Å². The molecule has 0 aromatic heterocycles. The van der Waals surface area contributed by atoms with Crippen LogP contribution in [0, 0.1) is 5.92 Å². The molecule has 2 N–H and O–H groups in total. The van der Waals surface area contributed by atoms with Crippen LogP contribution < -0.4 is 0 Å². The highest BCUT2D eigenvalue weighted by Gasteiger charge is 2.20. The van der Waals surface area contributed by atoms with Crippen LogP contribution in [0.2, 0.25) is 0 Å². The van der Waals surface area contributed by atoms with Gasteiger partial charge in [0.25, 0.3) is 0 Å². The minimum absolute atomic E-state index is 0.0735. The van der Waals surface area contributed by atoms with Gasteiger partial charge in [-0.05, 0) is 24.1 Å². The lowest BCUT2D eigenvalue weighted by molar-refractivity contribution is -0.144. The predicted molar refractivity (Wildman–Crippen MR) is 67.5 cm³/mol. The average molecular weight is 250 g/mol. The van der Waals surface area contributed by atoms with E-state index in [0.717, 1.165) is 12.0 Å². The van der Waals surface area contributed by atoms with Crippen molar-refractivity contribution in [2.75, 3.05) is 0 Å². The normalized spacial score (nSPS) is 12.1. The quantitative estimate of drug-likeness (QED) is 0.779. The van der Waals surface area contributed by atoms with Crippen LogP contribution in [0.25, 0.3) is 0 Å². The maximum absolute atomic E-state index is 11.8. The summed E-state index contributed by atoms with van der Waals surface area (Å²) in [6.45, 7) is 1.90. The zero-order valence-electron chi connectivity index (χ0n) is 10.4. The zero-order valence-corrected chi connectivity index (χ0v) is 10.4. The number of carbonyl (C=O) groups is 2. The van der Waals surface area contributed by atoms with Gasteiger partial charge in [-0.2, -0.15) is 0 Å². The first kappa shape index (κ1) is 14.2. The van der Waals surface area contributed by atoms with Crippen molar-refractivity contribution in [3.63, 3.8) is 0 Å². The largest absolute Gasteiger partial charge is 0.508 e. The number of Topliss-reactive ketones (excluding diaryl/α,β-unsaturated/α-hetero) is 1. The van der Waals surface area contributed by atoms with E-state index in [2.05, 4.69) is 0 Å². The summed E-state index contributed by atoms with van der Waals surface area (Å²) in [6.07, 6.45) is 1.57. The standard InChI is InChI=1S/C14H18O4/c1-2-3-11(14(17)18)9-13(16)8-10-4-6-12(15)7-5-10/h4-7,11,15H,2-3,8-9H2,1H3,(H,17,18)/t11-/m0/s1. The Morgan fingerprint density at radius 2 is 1.83 bits per heavy atom. The second kappa shape index (κ2) is 6.79. The second-order valence-electron chi connectivity index (χ2n) is 4.41. The molecule has 0 fully saturated rings. The van der Waals surface area contributed by atoms with Gasteiger partial charge in [-0.15, -0.1) is 0 Å². The number of rotatable bonds is 7. The molecule has 1 rings (SSSR count). The Balaban J connectivity index is 2.54. The molecular weight excluding hydrogens is 232 g/mol. The minimum atomic E-state index is -0.907. The number of carbonyl (C=O) groups excluding carboxylic acids is 1. The highest BCUT2D eigenvalue weighted by molar-refractivity contribution is 5.85. The molecule has 0 heterocycles. The number of aliphatic carboxylic acids is 1. The molecule has 0 aliphatic rings. The second-order valence-corrected chi connectivity index (χ2v) is 4.41. The molecule has 0 aliphatic carbocycles. The Labute approximate surface area is 106 Å². The van der Waals surface area contributed by atoms with Gasteiger partial charge in [0.2, 0.25) is 0 Å². The summed E-state index contributed by atoms with van der Waals surface area (Å²) in [5.74, 6) is -1.42. The summed E-state index contributed by atoms with van der Waals surface area (Å²) in [4.78, 5) is 22.7. The van der Waals surface area contributed by atoms with Crippen LogP contribution >= 0.6 is 0 Å². The molecule has 1 atom stereocenters. The summed E-state index contributed by atoms with van der Waals surface area (Å²) in [7, 11) is 0. The first-order valence-electron chi connectivity index (χ1n) is 6.05. The van der Waals surface area contributed by atoms with E-state index in [1.54, 1.807) is 12.1 Å². The van der Waals surface area contributed by atoms with Crippen molar-refractivity contribution in [3.05, 3.63) is 29.8 Å². The molecule has 0 unspecified atom stereocenters. The predicted octanol–water partition coefficient (Wildman–Crippen LogP) is 2.39. The lowest BCUT2D eigenvalue weighted by Gasteiger charge is -2.10. The Kier molecular flexibility index (Phi) is 5.36. The summed E-state index contributed by atoms with van der Waals surface area (Å²) in [6, 6.07) is 6.37. The Morgan fingerprint density at radius 3 is 2.33 bits per heavy atom. The fourth-order valence-electron chi connectivity index (χ4n) is 1.85. The topological polar surface area (TPSA) is 74.6 Å². The fourth-order valence-corrected chi connectivity index (χ4v) is 1.85. The molecule has 18 heavy (non-hydrogen) atoms. The average Bonchev–Trinajstić information content (AvgIpc) is 2.31. The number of ketones is 1. The number of carboxylic acid groups (broad SMARTS) is 1. The summed E-state index contributed by atoms with van der Waals surface area (Å²) in [5, 5.41) is 18.1. The first-order valence-corrected chi connectivity index (χ1v) is 6.05. The molecular formula is C14H18O4. The van der Waals surface area contributed by atoms with E-state index < -0.39 is 11.9 Å². The van der Waals surface area contributed by atoms with Crippen molar-refractivity contribution in [2.45, 2.75) is 32.6 Å². The van der Waals surface area contributed by atoms with Crippen molar-refractivity contribution in [2.24, 2.45) is 5.92 Å². The van der Waals surface area contributed by atoms with Gasteiger partial charge in [0.05, 0.1) is 5.92 Å². The van der Waals surface area contributed by atoms with E-state index in [-0.39, 0.29) is 24.4 Å². The number of aromatic hydroxyl groups is 1. The van der Waals surface area contributed by atoms with Gasteiger partial charge in [0.15, 0.2) is 0 Å². The number of hydrogen-bond donors (Lipinski definition) is 2. The van der Waals surface area contributed by atoms with Crippen LogP contribution in [0.15, 0.2) is 24.3 Å². The smallest absolute Gasteiger partial charge is 0.306 e. The molecule has 1 aromatic carbocycles. The van der Waals surface area contributed by atoms with E-state index in [4.69, 9.17) is 10.2 Å². The molecule has 0 bridgehead atoms. The van der Waals surface area contributed by atoms with Crippen molar-refractivity contribution in [3.8, 4) is 5.75 Å². The maximum atomic E-state index is 11.8. The van der Waals surface area contributed by atoms with E-state index in [1.807, 2.05) is 6.92 Å². The minimum Gasteiger partial charge on any atom is -0.508 e. The van der Waals surface area contributed by atoms with Crippen molar-refractivity contribution >= 4 is 11.8 Å². The summed E-state index contributed by atoms with van der Waals surface area (Å²) in [5.41, 5.74) is 0.790. The molecule has 0 radical (unpaired) electrons. The van der Waals surface area contributed by atoms with Gasteiger partial charge >= 0.3 is 5.97 Å². The van der Waals surface area contributed by atoms with Gasteiger partial charge in [-0.3, -0.25) is 9.59 Å². The van der Waals surface area contributed by atoms with Gasteiger partial charge in [0, 0.05) is 12.8 Å². The molecule has 0 saturated heterocycles. The Hall–Kier alpha value is -1.84. The Bertz CT molecular complexity index is 408. The molecule has 98 valence electrons. The molecule has 4 heteroatoms. The number of hydrogen-bond acceptors (Lipinski definition) is 3. The third-order valence-electron chi connectivity index (χ3n) is 2.80. The first-order chi connectivity index (χ1) is 8.52. The third kappa shape index (κ3) is 4.57. The SMILES string of the molecule is CCC[C@@H](CC(=O)Cc1ccc(O)cc1)C(=O)O. The van der Waals surface area contributed by atoms with Gasteiger partial charge < -0.3 is 10.2 Å². The monoisotopic (exact) mass is 250 g/mol.